The highest BCUT2D eigenvalue weighted by molar-refractivity contribution is 5.36. The predicted molar refractivity (Wildman–Crippen MR) is 63.5 cm³/mol. The number of aliphatic hydroxyl groups excluding tert-OH is 2. The van der Waals surface area contributed by atoms with Crippen LogP contribution < -0.4 is 5.56 Å². The molecule has 1 saturated heterocycles. The first-order valence-electron chi connectivity index (χ1n) is 5.99. The third-order valence-corrected chi connectivity index (χ3v) is 3.53. The second kappa shape index (κ2) is 4.41. The summed E-state index contributed by atoms with van der Waals surface area (Å²) in [6.07, 6.45) is 0.928. The Hall–Kier alpha value is -1.77. The van der Waals surface area contributed by atoms with Gasteiger partial charge in [0.2, 0.25) is 5.65 Å². The Bertz CT molecular complexity index is 651. The first kappa shape index (κ1) is 12.3. The van der Waals surface area contributed by atoms with Crippen LogP contribution in [0.3, 0.4) is 0 Å². The minimum Gasteiger partial charge on any atom is -0.394 e. The molecule has 0 unspecified atom stereocenters. The van der Waals surface area contributed by atoms with Crippen LogP contribution in [0.1, 0.15) is 18.7 Å². The smallest absolute Gasteiger partial charge is 0.294 e. The molecule has 0 spiro atoms. The molecule has 0 amide bonds. The van der Waals surface area contributed by atoms with Crippen molar-refractivity contribution < 1.29 is 14.9 Å². The van der Waals surface area contributed by atoms with Gasteiger partial charge in [-0.3, -0.25) is 4.79 Å². The Morgan fingerprint density at radius 2 is 2.37 bits per heavy atom. The summed E-state index contributed by atoms with van der Waals surface area (Å²) in [7, 11) is 0. The summed E-state index contributed by atoms with van der Waals surface area (Å²) in [5.41, 5.74) is 0.421. The standard InChI is InChI=1S/C11H14N4O4/c1-5-8(17)7(3-16)19-9(5)6-2-12-10-11(18)13-4-14-15(6)10/h2,4-5,7-9,16-17H,3H2,1H3,(H,13,14,18)/t5-,7+,8-,9+/m0/s1. The molecule has 8 heteroatoms. The zero-order valence-corrected chi connectivity index (χ0v) is 10.2. The molecule has 3 N–H and O–H groups in total. The van der Waals surface area contributed by atoms with Gasteiger partial charge in [-0.15, -0.1) is 0 Å². The van der Waals surface area contributed by atoms with E-state index in [1.165, 1.54) is 17.0 Å². The Labute approximate surface area is 107 Å². The molecule has 0 aromatic carbocycles. The van der Waals surface area contributed by atoms with Crippen molar-refractivity contribution in [2.24, 2.45) is 5.92 Å². The highest BCUT2D eigenvalue weighted by Crippen LogP contribution is 2.37. The fourth-order valence-electron chi connectivity index (χ4n) is 2.44. The Morgan fingerprint density at radius 3 is 3.05 bits per heavy atom. The van der Waals surface area contributed by atoms with Crippen LogP contribution in [0.2, 0.25) is 0 Å². The molecule has 0 bridgehead atoms. The third-order valence-electron chi connectivity index (χ3n) is 3.53. The van der Waals surface area contributed by atoms with Crippen molar-refractivity contribution in [3.63, 3.8) is 0 Å². The lowest BCUT2D eigenvalue weighted by Crippen LogP contribution is -2.27. The highest BCUT2D eigenvalue weighted by Gasteiger charge is 2.42. The number of nitrogens with zero attached hydrogens (tertiary/aromatic N) is 3. The van der Waals surface area contributed by atoms with Gasteiger partial charge in [0.25, 0.3) is 5.56 Å². The molecule has 8 nitrogen and oxygen atoms in total. The van der Waals surface area contributed by atoms with E-state index < -0.39 is 18.3 Å². The third kappa shape index (κ3) is 1.76. The van der Waals surface area contributed by atoms with E-state index in [1.807, 2.05) is 6.92 Å². The van der Waals surface area contributed by atoms with Crippen LogP contribution in [0.15, 0.2) is 17.3 Å². The van der Waals surface area contributed by atoms with Gasteiger partial charge in [0.15, 0.2) is 0 Å². The summed E-state index contributed by atoms with van der Waals surface area (Å²) in [6.45, 7) is 1.56. The molecule has 2 aromatic rings. The van der Waals surface area contributed by atoms with Crippen LogP contribution in [0.25, 0.3) is 5.65 Å². The van der Waals surface area contributed by atoms with E-state index in [9.17, 15) is 9.90 Å². The molecule has 1 aliphatic rings. The van der Waals surface area contributed by atoms with Crippen LogP contribution >= 0.6 is 0 Å². The number of ether oxygens (including phenoxy) is 1. The van der Waals surface area contributed by atoms with E-state index in [2.05, 4.69) is 15.1 Å². The number of H-pyrrole nitrogens is 1. The molecule has 4 atom stereocenters. The molecule has 1 fully saturated rings. The van der Waals surface area contributed by atoms with Gasteiger partial charge in [0.1, 0.15) is 18.5 Å². The number of hydrogen-bond donors (Lipinski definition) is 3. The SMILES string of the molecule is C[C@H]1[C@H](O)[C@@H](CO)O[C@H]1c1cnc2c(=O)[nH]cnn12. The summed E-state index contributed by atoms with van der Waals surface area (Å²) >= 11 is 0. The zero-order valence-electron chi connectivity index (χ0n) is 10.2. The van der Waals surface area contributed by atoms with E-state index >= 15 is 0 Å². The van der Waals surface area contributed by atoms with Gasteiger partial charge in [-0.25, -0.2) is 9.50 Å². The average Bonchev–Trinajstić information content (AvgIpc) is 2.94. The van der Waals surface area contributed by atoms with E-state index in [0.717, 1.165) is 0 Å². The van der Waals surface area contributed by atoms with E-state index in [-0.39, 0.29) is 23.7 Å². The Morgan fingerprint density at radius 1 is 1.58 bits per heavy atom. The molecule has 0 aliphatic carbocycles. The Balaban J connectivity index is 2.06. The van der Waals surface area contributed by atoms with Gasteiger partial charge in [-0.05, 0) is 0 Å². The predicted octanol–water partition coefficient (Wildman–Crippen LogP) is -1.15. The average molecular weight is 266 g/mol. The molecule has 19 heavy (non-hydrogen) atoms. The lowest BCUT2D eigenvalue weighted by molar-refractivity contribution is -0.0240. The summed E-state index contributed by atoms with van der Waals surface area (Å²) in [5, 5.41) is 23.1. The molecule has 0 saturated carbocycles. The molecular formula is C11H14N4O4. The van der Waals surface area contributed by atoms with Gasteiger partial charge in [0.05, 0.1) is 24.6 Å². The summed E-state index contributed by atoms with van der Waals surface area (Å²) in [5.74, 6) is -0.224. The fraction of sp³-hybridized carbons (Fsp3) is 0.545. The van der Waals surface area contributed by atoms with Gasteiger partial charge >= 0.3 is 0 Å². The van der Waals surface area contributed by atoms with Crippen LogP contribution in [0.4, 0.5) is 0 Å². The highest BCUT2D eigenvalue weighted by atomic mass is 16.5. The fourth-order valence-corrected chi connectivity index (χ4v) is 2.44. The monoisotopic (exact) mass is 266 g/mol. The number of aromatic nitrogens is 4. The second-order valence-electron chi connectivity index (χ2n) is 4.66. The minimum absolute atomic E-state index is 0.176. The number of nitrogens with one attached hydrogen (secondary N) is 1. The van der Waals surface area contributed by atoms with Crippen molar-refractivity contribution in [2.75, 3.05) is 6.61 Å². The second-order valence-corrected chi connectivity index (χ2v) is 4.66. The van der Waals surface area contributed by atoms with Crippen LogP contribution in [0.5, 0.6) is 0 Å². The van der Waals surface area contributed by atoms with Crippen molar-refractivity contribution >= 4 is 5.65 Å². The van der Waals surface area contributed by atoms with Gasteiger partial charge in [0, 0.05) is 5.92 Å². The number of imidazole rings is 1. The maximum absolute atomic E-state index is 11.6. The number of aromatic amines is 1. The van der Waals surface area contributed by atoms with Gasteiger partial charge in [-0.1, -0.05) is 6.92 Å². The quantitative estimate of drug-likeness (QED) is 0.632. The number of fused-ring (bicyclic) bond motifs is 1. The molecular weight excluding hydrogens is 252 g/mol. The topological polar surface area (TPSA) is 113 Å². The van der Waals surface area contributed by atoms with Crippen LogP contribution in [-0.4, -0.2) is 48.6 Å². The normalized spacial score (nSPS) is 31.1. The van der Waals surface area contributed by atoms with Crippen molar-refractivity contribution in [3.05, 3.63) is 28.6 Å². The van der Waals surface area contributed by atoms with E-state index in [1.54, 1.807) is 0 Å². The molecule has 1 aliphatic heterocycles. The molecule has 3 heterocycles. The number of hydrogen-bond acceptors (Lipinski definition) is 6. The zero-order chi connectivity index (χ0) is 13.6. The van der Waals surface area contributed by atoms with Crippen LogP contribution in [0, 0.1) is 5.92 Å². The first-order chi connectivity index (χ1) is 9.13. The summed E-state index contributed by atoms with van der Waals surface area (Å²) in [6, 6.07) is 0. The molecule has 102 valence electrons. The molecule has 3 rings (SSSR count). The minimum atomic E-state index is -0.762. The van der Waals surface area contributed by atoms with Gasteiger partial charge < -0.3 is 19.9 Å². The Kier molecular flexibility index (Phi) is 2.85. The molecule has 0 radical (unpaired) electrons. The largest absolute Gasteiger partial charge is 0.394 e. The lowest BCUT2D eigenvalue weighted by Gasteiger charge is -2.14. The van der Waals surface area contributed by atoms with Crippen molar-refractivity contribution in [2.45, 2.75) is 25.2 Å². The molecule has 2 aromatic heterocycles. The van der Waals surface area contributed by atoms with Gasteiger partial charge in [-0.2, -0.15) is 5.10 Å². The number of rotatable bonds is 2. The van der Waals surface area contributed by atoms with Crippen molar-refractivity contribution in [3.8, 4) is 0 Å². The van der Waals surface area contributed by atoms with Crippen molar-refractivity contribution in [1.82, 2.24) is 19.6 Å². The van der Waals surface area contributed by atoms with E-state index in [4.69, 9.17) is 9.84 Å². The van der Waals surface area contributed by atoms with E-state index in [0.29, 0.717) is 5.69 Å². The first-order valence-corrected chi connectivity index (χ1v) is 5.99. The van der Waals surface area contributed by atoms with Crippen LogP contribution in [-0.2, 0) is 4.74 Å². The van der Waals surface area contributed by atoms with Crippen molar-refractivity contribution in [1.29, 1.82) is 0 Å². The maximum atomic E-state index is 11.6. The number of aliphatic hydroxyl groups is 2. The summed E-state index contributed by atoms with van der Waals surface area (Å²) < 4.78 is 7.01. The maximum Gasteiger partial charge on any atom is 0.294 e. The lowest BCUT2D eigenvalue weighted by atomic mass is 9.97. The summed E-state index contributed by atoms with van der Waals surface area (Å²) in [4.78, 5) is 18.0.